The first kappa shape index (κ1) is 14.2. The summed E-state index contributed by atoms with van der Waals surface area (Å²) in [5, 5.41) is 4.69. The zero-order chi connectivity index (χ0) is 13.3. The number of carbonyl (C=O) groups excluding carboxylic acids is 1. The average Bonchev–Trinajstić information content (AvgIpc) is 1.94. The third-order valence-corrected chi connectivity index (χ3v) is 2.54. The molecule has 0 radical (unpaired) electrons. The second-order valence-electron chi connectivity index (χ2n) is 5.03. The van der Waals surface area contributed by atoms with Gasteiger partial charge in [-0.05, 0) is 20.8 Å². The predicted octanol–water partition coefficient (Wildman–Crippen LogP) is 0.0734. The minimum Gasteiger partial charge on any atom is -0.444 e. The summed E-state index contributed by atoms with van der Waals surface area (Å²) in [6.45, 7) is 6.19. The van der Waals surface area contributed by atoms with Crippen LogP contribution in [0, 0.1) is 5.92 Å². The average molecular weight is 266 g/mol. The molecule has 0 saturated carbocycles. The molecule has 0 aromatic rings. The Balaban J connectivity index is 2.25. The summed E-state index contributed by atoms with van der Waals surface area (Å²) in [4.78, 5) is 13.0. The Hall–Kier alpha value is -0.860. The van der Waals surface area contributed by atoms with Gasteiger partial charge in [-0.2, -0.15) is 8.42 Å². The highest BCUT2D eigenvalue weighted by molar-refractivity contribution is 7.84. The Kier molecular flexibility index (Phi) is 4.00. The van der Waals surface area contributed by atoms with E-state index in [1.807, 2.05) is 0 Å². The van der Waals surface area contributed by atoms with Crippen molar-refractivity contribution in [3.8, 4) is 0 Å². The van der Waals surface area contributed by atoms with E-state index >= 15 is 0 Å². The first-order valence-corrected chi connectivity index (χ1v) is 6.69. The van der Waals surface area contributed by atoms with Gasteiger partial charge in [0, 0.05) is 19.0 Å². The fourth-order valence-corrected chi connectivity index (χ4v) is 1.72. The van der Waals surface area contributed by atoms with Crippen LogP contribution in [-0.2, 0) is 19.2 Å². The molecular weight excluding hydrogens is 248 g/mol. The maximum atomic E-state index is 11.5. The van der Waals surface area contributed by atoms with Crippen molar-refractivity contribution < 1.29 is 22.1 Å². The zero-order valence-electron chi connectivity index (χ0n) is 10.2. The van der Waals surface area contributed by atoms with Crippen LogP contribution in [0.4, 0.5) is 4.79 Å². The standard InChI is InChI=1S/C9H18N2O5S/c1-9(2,3)16-8(12)11-4-7(5-11)6-15-17(10,13)14/h7H,4-6H2,1-3H3,(H2,10,13,14). The fourth-order valence-electron chi connectivity index (χ4n) is 1.34. The lowest BCUT2D eigenvalue weighted by Gasteiger charge is -2.39. The third-order valence-electron chi connectivity index (χ3n) is 2.08. The number of hydrogen-bond acceptors (Lipinski definition) is 5. The van der Waals surface area contributed by atoms with Gasteiger partial charge in [0.15, 0.2) is 0 Å². The lowest BCUT2D eigenvalue weighted by atomic mass is 10.0. The Labute approximate surface area is 101 Å². The highest BCUT2D eigenvalue weighted by Crippen LogP contribution is 2.19. The maximum absolute atomic E-state index is 11.5. The van der Waals surface area contributed by atoms with Gasteiger partial charge < -0.3 is 9.64 Å². The largest absolute Gasteiger partial charge is 0.444 e. The molecule has 0 aliphatic carbocycles. The molecule has 100 valence electrons. The van der Waals surface area contributed by atoms with Gasteiger partial charge in [-0.3, -0.25) is 4.18 Å². The SMILES string of the molecule is CC(C)(C)OC(=O)N1CC(COS(N)(=O)=O)C1. The van der Waals surface area contributed by atoms with Crippen LogP contribution in [0.15, 0.2) is 0 Å². The molecular formula is C9H18N2O5S. The van der Waals surface area contributed by atoms with Crippen molar-refractivity contribution in [3.63, 3.8) is 0 Å². The summed E-state index contributed by atoms with van der Waals surface area (Å²) >= 11 is 0. The van der Waals surface area contributed by atoms with Crippen molar-refractivity contribution in [2.75, 3.05) is 19.7 Å². The molecule has 1 fully saturated rings. The normalized spacial score (nSPS) is 17.8. The summed E-state index contributed by atoms with van der Waals surface area (Å²) in [6, 6.07) is 0. The van der Waals surface area contributed by atoms with Gasteiger partial charge in [0.05, 0.1) is 6.61 Å². The van der Waals surface area contributed by atoms with Gasteiger partial charge in [0.25, 0.3) is 0 Å². The molecule has 17 heavy (non-hydrogen) atoms. The smallest absolute Gasteiger partial charge is 0.410 e. The van der Waals surface area contributed by atoms with Crippen molar-refractivity contribution in [3.05, 3.63) is 0 Å². The van der Waals surface area contributed by atoms with Gasteiger partial charge in [-0.25, -0.2) is 9.93 Å². The molecule has 1 aliphatic heterocycles. The molecule has 1 aliphatic rings. The molecule has 8 heteroatoms. The first-order valence-electron chi connectivity index (χ1n) is 5.22. The number of likely N-dealkylation sites (tertiary alicyclic amines) is 1. The molecule has 0 spiro atoms. The van der Waals surface area contributed by atoms with Crippen LogP contribution < -0.4 is 5.14 Å². The van der Waals surface area contributed by atoms with Crippen LogP contribution in [-0.4, -0.2) is 44.7 Å². The van der Waals surface area contributed by atoms with E-state index < -0.39 is 22.0 Å². The molecule has 0 aromatic heterocycles. The molecule has 0 atom stereocenters. The highest BCUT2D eigenvalue weighted by atomic mass is 32.2. The van der Waals surface area contributed by atoms with Crippen LogP contribution >= 0.6 is 0 Å². The number of hydrogen-bond donors (Lipinski definition) is 1. The number of nitrogens with two attached hydrogens (primary N) is 1. The Morgan fingerprint density at radius 3 is 2.35 bits per heavy atom. The Bertz CT molecular complexity index is 381. The zero-order valence-corrected chi connectivity index (χ0v) is 11.0. The van der Waals surface area contributed by atoms with Crippen LogP contribution in [0.1, 0.15) is 20.8 Å². The molecule has 0 unspecified atom stereocenters. The number of ether oxygens (including phenoxy) is 1. The second kappa shape index (κ2) is 4.79. The van der Waals surface area contributed by atoms with Gasteiger partial charge in [0.1, 0.15) is 5.60 Å². The Morgan fingerprint density at radius 2 is 1.94 bits per heavy atom. The first-order chi connectivity index (χ1) is 7.57. The monoisotopic (exact) mass is 266 g/mol. The minimum absolute atomic E-state index is 0.00185. The van der Waals surface area contributed by atoms with E-state index in [1.165, 1.54) is 4.90 Å². The van der Waals surface area contributed by atoms with Crippen LogP contribution in [0.5, 0.6) is 0 Å². The molecule has 0 aromatic carbocycles. The molecule has 1 saturated heterocycles. The van der Waals surface area contributed by atoms with Crippen molar-refractivity contribution in [2.45, 2.75) is 26.4 Å². The lowest BCUT2D eigenvalue weighted by Crippen LogP contribution is -2.53. The van der Waals surface area contributed by atoms with Crippen molar-refractivity contribution in [1.29, 1.82) is 0 Å². The topological polar surface area (TPSA) is 98.9 Å². The van der Waals surface area contributed by atoms with Crippen molar-refractivity contribution in [2.24, 2.45) is 11.1 Å². The van der Waals surface area contributed by atoms with Gasteiger partial charge >= 0.3 is 16.4 Å². The molecule has 1 heterocycles. The number of rotatable bonds is 3. The maximum Gasteiger partial charge on any atom is 0.410 e. The predicted molar refractivity (Wildman–Crippen MR) is 60.4 cm³/mol. The van der Waals surface area contributed by atoms with Crippen LogP contribution in [0.2, 0.25) is 0 Å². The summed E-state index contributed by atoms with van der Waals surface area (Å²) in [6.07, 6.45) is -0.399. The molecule has 0 bridgehead atoms. The van der Waals surface area contributed by atoms with Crippen LogP contribution in [0.25, 0.3) is 0 Å². The summed E-state index contributed by atoms with van der Waals surface area (Å²) in [5.74, 6) is -0.0131. The third kappa shape index (κ3) is 5.33. The fraction of sp³-hybridized carbons (Fsp3) is 0.889. The van der Waals surface area contributed by atoms with E-state index in [-0.39, 0.29) is 12.5 Å². The van der Waals surface area contributed by atoms with Gasteiger partial charge in [0.2, 0.25) is 0 Å². The van der Waals surface area contributed by atoms with E-state index in [0.717, 1.165) is 0 Å². The van der Waals surface area contributed by atoms with Crippen LogP contribution in [0.3, 0.4) is 0 Å². The van der Waals surface area contributed by atoms with Gasteiger partial charge in [-0.1, -0.05) is 0 Å². The van der Waals surface area contributed by atoms with E-state index in [0.29, 0.717) is 13.1 Å². The molecule has 7 nitrogen and oxygen atoms in total. The molecule has 1 rings (SSSR count). The lowest BCUT2D eigenvalue weighted by molar-refractivity contribution is -0.00729. The van der Waals surface area contributed by atoms with Crippen molar-refractivity contribution >= 4 is 16.4 Å². The second-order valence-corrected chi connectivity index (χ2v) is 6.25. The van der Waals surface area contributed by atoms with E-state index in [2.05, 4.69) is 9.32 Å². The van der Waals surface area contributed by atoms with E-state index in [4.69, 9.17) is 4.74 Å². The van der Waals surface area contributed by atoms with E-state index in [1.54, 1.807) is 20.8 Å². The minimum atomic E-state index is -3.90. The quantitative estimate of drug-likeness (QED) is 0.779. The van der Waals surface area contributed by atoms with Crippen molar-refractivity contribution in [1.82, 2.24) is 4.90 Å². The molecule has 2 N–H and O–H groups in total. The number of amides is 1. The summed E-state index contributed by atoms with van der Waals surface area (Å²) in [7, 11) is -3.90. The highest BCUT2D eigenvalue weighted by Gasteiger charge is 2.34. The summed E-state index contributed by atoms with van der Waals surface area (Å²) < 4.78 is 30.6. The number of carbonyl (C=O) groups is 1. The van der Waals surface area contributed by atoms with E-state index in [9.17, 15) is 13.2 Å². The molecule has 1 amide bonds. The number of nitrogens with zero attached hydrogens (tertiary/aromatic N) is 1. The van der Waals surface area contributed by atoms with Gasteiger partial charge in [-0.15, -0.1) is 0 Å². The summed E-state index contributed by atoms with van der Waals surface area (Å²) in [5.41, 5.74) is -0.529. The Morgan fingerprint density at radius 1 is 1.41 bits per heavy atom.